The number of carbonyl (C=O) groups is 1. The largest absolute Gasteiger partial charge is 0.771 e. The molecule has 0 bridgehead atoms. The van der Waals surface area contributed by atoms with E-state index in [9.17, 15) is 13.6 Å². The van der Waals surface area contributed by atoms with Gasteiger partial charge in [-0.15, -0.1) is 0 Å². The Morgan fingerprint density at radius 1 is 1.45 bits per heavy atom. The average molecular weight is 343 g/mol. The van der Waals surface area contributed by atoms with Crippen LogP contribution in [-0.4, -0.2) is 24.9 Å². The maximum Gasteiger partial charge on any atom is 0.340 e. The Morgan fingerprint density at radius 2 is 2.23 bits per heavy atom. The molecule has 2 unspecified atom stereocenters. The van der Waals surface area contributed by atoms with Crippen molar-refractivity contribution < 1.29 is 18.3 Å². The van der Waals surface area contributed by atoms with Crippen LogP contribution in [-0.2, 0) is 21.7 Å². The number of fused-ring (bicyclic) bond motifs is 1. The number of hydrogen-bond acceptors (Lipinski definition) is 4. The fraction of sp³-hybridized carbons (Fsp3) is 0.400. The highest BCUT2D eigenvalue weighted by Gasteiger charge is 2.17. The molecule has 1 aromatic heterocycles. The Kier molecular flexibility index (Phi) is 5.99. The maximum atomic E-state index is 12.2. The van der Waals surface area contributed by atoms with E-state index in [-0.39, 0.29) is 5.88 Å². The van der Waals surface area contributed by atoms with Crippen molar-refractivity contribution in [3.63, 3.8) is 0 Å². The third-order valence-electron chi connectivity index (χ3n) is 3.30. The van der Waals surface area contributed by atoms with Gasteiger partial charge in [0.1, 0.15) is 0 Å². The minimum Gasteiger partial charge on any atom is -0.771 e. The number of rotatable bonds is 7. The normalized spacial score (nSPS) is 14.0. The number of esters is 1. The van der Waals surface area contributed by atoms with E-state index in [1.165, 1.54) is 0 Å². The smallest absolute Gasteiger partial charge is 0.340 e. The van der Waals surface area contributed by atoms with E-state index >= 15 is 0 Å². The summed E-state index contributed by atoms with van der Waals surface area (Å²) < 4.78 is 28.5. The highest BCUT2D eigenvalue weighted by Crippen LogP contribution is 2.22. The topological polar surface area (TPSA) is 71.4 Å². The maximum absolute atomic E-state index is 12.2. The monoisotopic (exact) mass is 342 g/mol. The van der Waals surface area contributed by atoms with Gasteiger partial charge in [-0.2, -0.15) is 0 Å². The molecular formula is C15H17ClNO4S-. The molecule has 0 fully saturated rings. The molecule has 2 atom stereocenters. The predicted octanol–water partition coefficient (Wildman–Crippen LogP) is 3.39. The van der Waals surface area contributed by atoms with Gasteiger partial charge in [-0.05, 0) is 42.1 Å². The van der Waals surface area contributed by atoms with Gasteiger partial charge in [0.25, 0.3) is 0 Å². The van der Waals surface area contributed by atoms with Crippen molar-refractivity contribution in [3.8, 4) is 0 Å². The van der Waals surface area contributed by atoms with Crippen molar-refractivity contribution in [2.75, 3.05) is 0 Å². The Morgan fingerprint density at radius 3 is 2.91 bits per heavy atom. The number of hydrogen-bond donors (Lipinski definition) is 0. The zero-order valence-corrected chi connectivity index (χ0v) is 13.7. The first-order valence-electron chi connectivity index (χ1n) is 7.01. The average Bonchev–Trinajstić information content (AvgIpc) is 2.87. The molecule has 0 aliphatic carbocycles. The lowest BCUT2D eigenvalue weighted by molar-refractivity contribution is 0.0436. The van der Waals surface area contributed by atoms with Crippen LogP contribution in [0.1, 0.15) is 36.5 Å². The van der Waals surface area contributed by atoms with Gasteiger partial charge >= 0.3 is 5.97 Å². The molecule has 0 aliphatic rings. The van der Waals surface area contributed by atoms with Gasteiger partial charge in [-0.1, -0.05) is 31.0 Å². The fourth-order valence-corrected chi connectivity index (χ4v) is 2.92. The van der Waals surface area contributed by atoms with Crippen molar-refractivity contribution in [1.82, 2.24) is 4.57 Å². The van der Waals surface area contributed by atoms with Crippen molar-refractivity contribution in [2.45, 2.75) is 37.6 Å². The summed E-state index contributed by atoms with van der Waals surface area (Å²) >= 11 is 3.79. The molecule has 22 heavy (non-hydrogen) atoms. The highest BCUT2D eigenvalue weighted by atomic mass is 35.5. The first-order chi connectivity index (χ1) is 10.5. The van der Waals surface area contributed by atoms with Crippen molar-refractivity contribution >= 4 is 39.6 Å². The minimum absolute atomic E-state index is 0.156. The second-order valence-electron chi connectivity index (χ2n) is 4.91. The molecule has 0 saturated carbocycles. The van der Waals surface area contributed by atoms with Crippen LogP contribution in [0.25, 0.3) is 10.9 Å². The van der Waals surface area contributed by atoms with E-state index in [1.807, 2.05) is 6.92 Å². The Labute approximate surface area is 136 Å². The van der Waals surface area contributed by atoms with E-state index in [2.05, 4.69) is 0 Å². The van der Waals surface area contributed by atoms with E-state index < -0.39 is 22.6 Å². The van der Waals surface area contributed by atoms with Crippen LogP contribution >= 0.6 is 11.6 Å². The van der Waals surface area contributed by atoms with Crippen LogP contribution in [0.15, 0.2) is 30.5 Å². The number of aromatic nitrogens is 1. The predicted molar refractivity (Wildman–Crippen MR) is 85.4 cm³/mol. The Hall–Kier alpha value is -1.37. The van der Waals surface area contributed by atoms with Crippen molar-refractivity contribution in [1.29, 1.82) is 0 Å². The summed E-state index contributed by atoms with van der Waals surface area (Å²) in [6, 6.07) is 6.80. The number of halogens is 1. The van der Waals surface area contributed by atoms with Gasteiger partial charge in [0.15, 0.2) is 5.56 Å². The molecule has 0 radical (unpaired) electrons. The fourth-order valence-electron chi connectivity index (χ4n) is 2.23. The third-order valence-corrected chi connectivity index (χ3v) is 4.09. The van der Waals surface area contributed by atoms with Gasteiger partial charge in [0.05, 0.1) is 11.4 Å². The van der Waals surface area contributed by atoms with E-state index in [0.717, 1.165) is 12.8 Å². The lowest BCUT2D eigenvalue weighted by atomic mass is 10.1. The van der Waals surface area contributed by atoms with E-state index in [1.54, 1.807) is 35.0 Å². The molecular weight excluding hydrogens is 326 g/mol. The van der Waals surface area contributed by atoms with E-state index in [4.69, 9.17) is 16.3 Å². The lowest BCUT2D eigenvalue weighted by Gasteiger charge is -2.12. The number of nitrogens with zero attached hydrogens (tertiary/aromatic N) is 1. The van der Waals surface area contributed by atoms with Crippen LogP contribution in [0.5, 0.6) is 0 Å². The van der Waals surface area contributed by atoms with E-state index in [0.29, 0.717) is 22.9 Å². The number of alkyl halides is 1. The molecule has 0 N–H and O–H groups in total. The second kappa shape index (κ2) is 7.76. The van der Waals surface area contributed by atoms with Crippen LogP contribution < -0.4 is 0 Å². The molecule has 7 heteroatoms. The molecule has 2 aromatic rings. The summed E-state index contributed by atoms with van der Waals surface area (Å²) in [5.74, 6) is -0.654. The summed E-state index contributed by atoms with van der Waals surface area (Å²) in [6.07, 6.45) is 4.10. The summed E-state index contributed by atoms with van der Waals surface area (Å²) in [5, 5.41) is 0.650. The third kappa shape index (κ3) is 4.09. The first-order valence-corrected chi connectivity index (χ1v) is 8.69. The zero-order valence-electron chi connectivity index (χ0n) is 12.2. The van der Waals surface area contributed by atoms with Crippen LogP contribution in [0.4, 0.5) is 0 Å². The summed E-state index contributed by atoms with van der Waals surface area (Å²) in [7, 11) is 0. The minimum atomic E-state index is -2.21. The van der Waals surface area contributed by atoms with Gasteiger partial charge in [0, 0.05) is 17.1 Å². The second-order valence-corrected chi connectivity index (χ2v) is 6.27. The molecule has 1 heterocycles. The van der Waals surface area contributed by atoms with Crippen molar-refractivity contribution in [3.05, 3.63) is 36.0 Å². The number of unbranched alkanes of at least 4 members (excludes halogenated alkanes) is 1. The van der Waals surface area contributed by atoms with Gasteiger partial charge in [-0.3, -0.25) is 4.21 Å². The molecule has 0 spiro atoms. The molecule has 5 nitrogen and oxygen atoms in total. The van der Waals surface area contributed by atoms with Crippen LogP contribution in [0.3, 0.4) is 0 Å². The lowest BCUT2D eigenvalue weighted by Crippen LogP contribution is -2.13. The number of ether oxygens (including phenoxy) is 1. The van der Waals surface area contributed by atoms with Crippen LogP contribution in [0.2, 0.25) is 0 Å². The SMILES string of the molecule is CCCCC(Cl)OC(=O)c1cccc2c1ccn2CS(=O)[O-]. The summed E-state index contributed by atoms with van der Waals surface area (Å²) in [4.78, 5) is 12.2. The van der Waals surface area contributed by atoms with Crippen molar-refractivity contribution in [2.24, 2.45) is 0 Å². The molecule has 2 rings (SSSR count). The molecule has 1 aromatic carbocycles. The highest BCUT2D eigenvalue weighted by molar-refractivity contribution is 7.78. The Bertz CT molecular complexity index is 685. The Balaban J connectivity index is 2.22. The molecule has 0 aliphatic heterocycles. The van der Waals surface area contributed by atoms with Gasteiger partial charge in [0.2, 0.25) is 0 Å². The molecule has 0 amide bonds. The van der Waals surface area contributed by atoms with Crippen LogP contribution in [0, 0.1) is 0 Å². The zero-order chi connectivity index (χ0) is 16.1. The standard InChI is InChI=1S/C15H18ClNO4S/c1-2-3-7-14(16)21-15(18)12-5-4-6-13-11(12)8-9-17(13)10-22(19)20/h4-6,8-9,14H,2-3,7,10H2,1H3,(H,19,20)/p-1. The summed E-state index contributed by atoms with van der Waals surface area (Å²) in [5.41, 5.74) is 0.396. The number of benzene rings is 1. The molecule has 0 saturated heterocycles. The quantitative estimate of drug-likeness (QED) is 0.439. The summed E-state index contributed by atoms with van der Waals surface area (Å²) in [6.45, 7) is 2.04. The van der Waals surface area contributed by atoms with Gasteiger partial charge < -0.3 is 13.9 Å². The first kappa shape index (κ1) is 17.0. The number of carbonyl (C=O) groups excluding carboxylic acids is 1. The molecule has 120 valence electrons. The van der Waals surface area contributed by atoms with Gasteiger partial charge in [-0.25, -0.2) is 4.79 Å².